The minimum atomic E-state index is -0.386. The van der Waals surface area contributed by atoms with Gasteiger partial charge >= 0.3 is 6.03 Å². The highest BCUT2D eigenvalue weighted by atomic mass is 16.2. The molecule has 7 N–H and O–H groups in total. The predicted octanol–water partition coefficient (Wildman–Crippen LogP) is 4.68. The Morgan fingerprint density at radius 1 is 0.882 bits per heavy atom. The van der Waals surface area contributed by atoms with Gasteiger partial charge in [0, 0.05) is 28.9 Å². The lowest BCUT2D eigenvalue weighted by Crippen LogP contribution is -2.25. The van der Waals surface area contributed by atoms with Crippen molar-refractivity contribution in [3.8, 4) is 0 Å². The molecule has 8 nitrogen and oxygen atoms in total. The van der Waals surface area contributed by atoms with Gasteiger partial charge < -0.3 is 27.0 Å². The Morgan fingerprint density at radius 2 is 1.50 bits per heavy atom. The second-order valence-electron chi connectivity index (χ2n) is 8.35. The molecule has 0 bridgehead atoms. The van der Waals surface area contributed by atoms with Crippen LogP contribution >= 0.6 is 0 Å². The fourth-order valence-corrected chi connectivity index (χ4v) is 3.47. The first-order chi connectivity index (χ1) is 16.4. The monoisotopic (exact) mass is 456 g/mol. The van der Waals surface area contributed by atoms with Crippen LogP contribution in [-0.2, 0) is 0 Å². The van der Waals surface area contributed by atoms with Gasteiger partial charge in [-0.05, 0) is 73.9 Å². The first-order valence-electron chi connectivity index (χ1n) is 11.2. The molecule has 1 saturated carbocycles. The highest BCUT2D eigenvalue weighted by Crippen LogP contribution is 2.27. The average Bonchev–Trinajstić information content (AvgIpc) is 3.64. The Balaban J connectivity index is 1.38. The van der Waals surface area contributed by atoms with Gasteiger partial charge in [0.2, 0.25) is 0 Å². The molecule has 1 aliphatic carbocycles. The van der Waals surface area contributed by atoms with Gasteiger partial charge in [-0.1, -0.05) is 24.3 Å². The predicted molar refractivity (Wildman–Crippen MR) is 136 cm³/mol. The zero-order valence-electron chi connectivity index (χ0n) is 18.9. The maximum Gasteiger partial charge on any atom is 0.323 e. The topological polar surface area (TPSA) is 132 Å². The van der Waals surface area contributed by atoms with Crippen LogP contribution in [-0.4, -0.2) is 23.8 Å². The summed E-state index contributed by atoms with van der Waals surface area (Å²) < 4.78 is 0. The van der Waals surface area contributed by atoms with Gasteiger partial charge in [-0.15, -0.1) is 0 Å². The second-order valence-corrected chi connectivity index (χ2v) is 8.35. The molecule has 3 amide bonds. The van der Waals surface area contributed by atoms with E-state index in [9.17, 15) is 9.59 Å². The summed E-state index contributed by atoms with van der Waals surface area (Å²) in [4.78, 5) is 24.7. The quantitative estimate of drug-likeness (QED) is 0.217. The van der Waals surface area contributed by atoms with Crippen molar-refractivity contribution >= 4 is 34.8 Å². The van der Waals surface area contributed by atoms with Crippen molar-refractivity contribution in [1.82, 2.24) is 5.32 Å². The molecular weight excluding hydrogens is 428 g/mol. The van der Waals surface area contributed by atoms with E-state index < -0.39 is 0 Å². The van der Waals surface area contributed by atoms with Crippen LogP contribution in [0.15, 0.2) is 72.8 Å². The molecule has 1 fully saturated rings. The zero-order valence-corrected chi connectivity index (χ0v) is 18.9. The average molecular weight is 457 g/mol. The fraction of sp³-hybridized carbons (Fsp3) is 0.192. The SMILES string of the molecule is CC(Nc1ccccc1NC(=O)Nc1ccc(C(=N)N)cc1)c1ccc(C(=O)NC2CC2)cc1. The van der Waals surface area contributed by atoms with E-state index in [1.807, 2.05) is 55.5 Å². The molecule has 34 heavy (non-hydrogen) atoms. The van der Waals surface area contributed by atoms with Crippen LogP contribution in [0.2, 0.25) is 0 Å². The zero-order chi connectivity index (χ0) is 24.1. The summed E-state index contributed by atoms with van der Waals surface area (Å²) in [6, 6.07) is 21.6. The number of hydrogen-bond donors (Lipinski definition) is 6. The third kappa shape index (κ3) is 5.92. The van der Waals surface area contributed by atoms with Gasteiger partial charge in [0.05, 0.1) is 11.4 Å². The number of para-hydroxylation sites is 2. The Morgan fingerprint density at radius 3 is 2.12 bits per heavy atom. The number of nitrogens with one attached hydrogen (secondary N) is 5. The van der Waals surface area contributed by atoms with E-state index in [0.29, 0.717) is 28.5 Å². The Bertz CT molecular complexity index is 1190. The van der Waals surface area contributed by atoms with Crippen molar-refractivity contribution in [3.05, 3.63) is 89.5 Å². The first-order valence-corrected chi connectivity index (χ1v) is 11.2. The number of urea groups is 1. The van der Waals surface area contributed by atoms with E-state index in [4.69, 9.17) is 11.1 Å². The number of anilines is 3. The summed E-state index contributed by atoms with van der Waals surface area (Å²) in [5.41, 5.74) is 9.72. The normalized spacial score (nSPS) is 13.4. The van der Waals surface area contributed by atoms with E-state index in [-0.39, 0.29) is 23.8 Å². The van der Waals surface area contributed by atoms with Crippen LogP contribution in [0, 0.1) is 5.41 Å². The number of amides is 3. The first kappa shape index (κ1) is 22.8. The second kappa shape index (κ2) is 10.1. The molecule has 0 saturated heterocycles. The molecule has 8 heteroatoms. The van der Waals surface area contributed by atoms with Crippen LogP contribution in [0.25, 0.3) is 0 Å². The van der Waals surface area contributed by atoms with Crippen molar-refractivity contribution in [3.63, 3.8) is 0 Å². The standard InChI is InChI=1S/C26H28N6O2/c1-16(17-6-8-19(9-7-17)25(33)30-20-14-15-20)29-22-4-2-3-5-23(22)32-26(34)31-21-12-10-18(11-13-21)24(27)28/h2-13,16,20,29H,14-15H2,1H3,(H3,27,28)(H,30,33)(H2,31,32,34). The van der Waals surface area contributed by atoms with Crippen LogP contribution < -0.4 is 27.0 Å². The summed E-state index contributed by atoms with van der Waals surface area (Å²) in [6.07, 6.45) is 2.12. The van der Waals surface area contributed by atoms with Crippen molar-refractivity contribution in [2.45, 2.75) is 31.8 Å². The number of nitrogen functional groups attached to an aromatic ring is 1. The molecule has 0 heterocycles. The van der Waals surface area contributed by atoms with Crippen LogP contribution in [0.3, 0.4) is 0 Å². The third-order valence-electron chi connectivity index (χ3n) is 5.59. The Labute approximate surface area is 198 Å². The van der Waals surface area contributed by atoms with E-state index >= 15 is 0 Å². The number of benzene rings is 3. The van der Waals surface area contributed by atoms with Gasteiger partial charge in [0.1, 0.15) is 5.84 Å². The number of carbonyl (C=O) groups is 2. The molecule has 0 aliphatic heterocycles. The Kier molecular flexibility index (Phi) is 6.77. The third-order valence-corrected chi connectivity index (χ3v) is 5.59. The molecular formula is C26H28N6O2. The summed E-state index contributed by atoms with van der Waals surface area (Å²) in [5, 5.41) is 19.5. The van der Waals surface area contributed by atoms with E-state index in [0.717, 1.165) is 24.1 Å². The van der Waals surface area contributed by atoms with Crippen LogP contribution in [0.5, 0.6) is 0 Å². The van der Waals surface area contributed by atoms with Crippen molar-refractivity contribution in [1.29, 1.82) is 5.41 Å². The number of amidine groups is 1. The summed E-state index contributed by atoms with van der Waals surface area (Å²) in [7, 11) is 0. The highest BCUT2D eigenvalue weighted by Gasteiger charge is 2.23. The summed E-state index contributed by atoms with van der Waals surface area (Å²) >= 11 is 0. The van der Waals surface area contributed by atoms with Gasteiger partial charge in [-0.25, -0.2) is 4.79 Å². The van der Waals surface area contributed by atoms with Crippen LogP contribution in [0.1, 0.15) is 47.3 Å². The van der Waals surface area contributed by atoms with Crippen molar-refractivity contribution in [2.75, 3.05) is 16.0 Å². The van der Waals surface area contributed by atoms with E-state index in [2.05, 4.69) is 21.3 Å². The molecule has 1 aliphatic rings. The molecule has 4 rings (SSSR count). The van der Waals surface area contributed by atoms with E-state index in [1.165, 1.54) is 0 Å². The maximum absolute atomic E-state index is 12.5. The summed E-state index contributed by atoms with van der Waals surface area (Å²) in [5.74, 6) is -0.0626. The molecule has 1 unspecified atom stereocenters. The molecule has 1 atom stereocenters. The largest absolute Gasteiger partial charge is 0.384 e. The lowest BCUT2D eigenvalue weighted by Gasteiger charge is -2.19. The minimum Gasteiger partial charge on any atom is -0.384 e. The van der Waals surface area contributed by atoms with E-state index in [1.54, 1.807) is 24.3 Å². The number of carbonyl (C=O) groups excluding carboxylic acids is 2. The summed E-state index contributed by atoms with van der Waals surface area (Å²) in [6.45, 7) is 2.02. The molecule has 174 valence electrons. The lowest BCUT2D eigenvalue weighted by atomic mass is 10.1. The van der Waals surface area contributed by atoms with Gasteiger partial charge in [0.25, 0.3) is 5.91 Å². The molecule has 3 aromatic carbocycles. The smallest absolute Gasteiger partial charge is 0.323 e. The van der Waals surface area contributed by atoms with Gasteiger partial charge in [0.15, 0.2) is 0 Å². The van der Waals surface area contributed by atoms with Crippen molar-refractivity contribution in [2.24, 2.45) is 5.73 Å². The fourth-order valence-electron chi connectivity index (χ4n) is 3.47. The number of rotatable bonds is 8. The van der Waals surface area contributed by atoms with Crippen LogP contribution in [0.4, 0.5) is 21.9 Å². The lowest BCUT2D eigenvalue weighted by molar-refractivity contribution is 0.0951. The number of hydrogen-bond acceptors (Lipinski definition) is 4. The number of nitrogens with two attached hydrogens (primary N) is 1. The van der Waals surface area contributed by atoms with Crippen molar-refractivity contribution < 1.29 is 9.59 Å². The van der Waals surface area contributed by atoms with Gasteiger partial charge in [-0.3, -0.25) is 10.2 Å². The molecule has 0 spiro atoms. The highest BCUT2D eigenvalue weighted by molar-refractivity contribution is 6.02. The molecule has 0 aromatic heterocycles. The Hall–Kier alpha value is -4.33. The molecule has 0 radical (unpaired) electrons. The van der Waals surface area contributed by atoms with Gasteiger partial charge in [-0.2, -0.15) is 0 Å². The minimum absolute atomic E-state index is 0.0266. The maximum atomic E-state index is 12.5. The molecule has 3 aromatic rings.